The highest BCUT2D eigenvalue weighted by atomic mass is 79.9. The van der Waals surface area contributed by atoms with Crippen LogP contribution in [0, 0.1) is 20.8 Å². The zero-order chi connectivity index (χ0) is 15.1. The molecule has 1 aromatic carbocycles. The topological polar surface area (TPSA) is 64.0 Å². The Labute approximate surface area is 127 Å². The van der Waals surface area contributed by atoms with E-state index in [0.717, 1.165) is 10.2 Å². The number of nitrogens with zero attached hydrogens (tertiary/aromatic N) is 2. The van der Waals surface area contributed by atoms with E-state index in [1.807, 2.05) is 6.92 Å². The van der Waals surface area contributed by atoms with Gasteiger partial charge in [-0.25, -0.2) is 8.42 Å². The Hall–Kier alpha value is -1.34. The Morgan fingerprint density at radius 3 is 2.40 bits per heavy atom. The SMILES string of the molecule is Cc1cc(Br)ccc1S(=O)(=O)Nc1c(C)nn(C)c1C. The van der Waals surface area contributed by atoms with E-state index in [4.69, 9.17) is 0 Å². The van der Waals surface area contributed by atoms with E-state index in [9.17, 15) is 8.42 Å². The third-order valence-electron chi connectivity index (χ3n) is 3.17. The average Bonchev–Trinajstić information content (AvgIpc) is 2.55. The van der Waals surface area contributed by atoms with Gasteiger partial charge in [0.05, 0.1) is 22.0 Å². The molecular formula is C13H16BrN3O2S. The molecule has 7 heteroatoms. The number of hydrogen-bond acceptors (Lipinski definition) is 3. The predicted octanol–water partition coefficient (Wildman–Crippen LogP) is 2.91. The van der Waals surface area contributed by atoms with Crippen LogP contribution in [0.25, 0.3) is 0 Å². The van der Waals surface area contributed by atoms with Gasteiger partial charge >= 0.3 is 0 Å². The number of halogens is 1. The second-order valence-corrected chi connectivity index (χ2v) is 7.25. The van der Waals surface area contributed by atoms with E-state index in [1.54, 1.807) is 43.8 Å². The van der Waals surface area contributed by atoms with Crippen molar-refractivity contribution in [1.82, 2.24) is 9.78 Å². The lowest BCUT2D eigenvalue weighted by Gasteiger charge is -2.11. The molecule has 0 bridgehead atoms. The minimum Gasteiger partial charge on any atom is -0.276 e. The zero-order valence-corrected chi connectivity index (χ0v) is 14.1. The third-order valence-corrected chi connectivity index (χ3v) is 5.18. The van der Waals surface area contributed by atoms with Crippen molar-refractivity contribution >= 4 is 31.6 Å². The molecule has 0 fully saturated rings. The van der Waals surface area contributed by atoms with Gasteiger partial charge in [-0.05, 0) is 44.5 Å². The summed E-state index contributed by atoms with van der Waals surface area (Å²) in [6.07, 6.45) is 0. The number of aromatic nitrogens is 2. The summed E-state index contributed by atoms with van der Waals surface area (Å²) < 4.78 is 30.1. The summed E-state index contributed by atoms with van der Waals surface area (Å²) in [4.78, 5) is 0.267. The molecule has 108 valence electrons. The van der Waals surface area contributed by atoms with E-state index in [1.165, 1.54) is 0 Å². The molecule has 2 rings (SSSR count). The van der Waals surface area contributed by atoms with Gasteiger partial charge in [-0.15, -0.1) is 0 Å². The van der Waals surface area contributed by atoms with E-state index in [2.05, 4.69) is 25.8 Å². The fourth-order valence-electron chi connectivity index (χ4n) is 2.02. The number of anilines is 1. The summed E-state index contributed by atoms with van der Waals surface area (Å²) in [5.41, 5.74) is 2.66. The number of aryl methyl sites for hydroxylation is 3. The molecule has 5 nitrogen and oxygen atoms in total. The summed E-state index contributed by atoms with van der Waals surface area (Å²) in [5, 5.41) is 4.21. The Morgan fingerprint density at radius 2 is 1.90 bits per heavy atom. The maximum atomic E-state index is 12.5. The standard InChI is InChI=1S/C13H16BrN3O2S/c1-8-7-11(14)5-6-12(8)20(18,19)16-13-9(2)15-17(4)10(13)3/h5-7,16H,1-4H3. The first-order valence-corrected chi connectivity index (χ1v) is 8.29. The largest absolute Gasteiger partial charge is 0.276 e. The monoisotopic (exact) mass is 357 g/mol. The van der Waals surface area contributed by atoms with E-state index < -0.39 is 10.0 Å². The van der Waals surface area contributed by atoms with Gasteiger partial charge in [-0.1, -0.05) is 15.9 Å². The Bertz CT molecular complexity index is 766. The zero-order valence-electron chi connectivity index (χ0n) is 11.7. The van der Waals surface area contributed by atoms with Crippen molar-refractivity contribution in [2.45, 2.75) is 25.7 Å². The second-order valence-electron chi connectivity index (χ2n) is 4.68. The van der Waals surface area contributed by atoms with Crippen molar-refractivity contribution in [3.63, 3.8) is 0 Å². The molecule has 0 aliphatic carbocycles. The number of nitrogens with one attached hydrogen (secondary N) is 1. The average molecular weight is 358 g/mol. The first-order chi connectivity index (χ1) is 9.22. The van der Waals surface area contributed by atoms with Gasteiger partial charge in [0.1, 0.15) is 0 Å². The fraction of sp³-hybridized carbons (Fsp3) is 0.308. The molecule has 0 saturated heterocycles. The van der Waals surface area contributed by atoms with E-state index in [0.29, 0.717) is 16.9 Å². The van der Waals surface area contributed by atoms with Gasteiger partial charge in [-0.2, -0.15) is 5.10 Å². The fourth-order valence-corrected chi connectivity index (χ4v) is 3.90. The number of benzene rings is 1. The summed E-state index contributed by atoms with van der Waals surface area (Å²) in [7, 11) is -1.83. The van der Waals surface area contributed by atoms with Crippen LogP contribution in [0.3, 0.4) is 0 Å². The molecule has 0 atom stereocenters. The smallest absolute Gasteiger partial charge is 0.262 e. The Morgan fingerprint density at radius 1 is 1.25 bits per heavy atom. The van der Waals surface area contributed by atoms with E-state index >= 15 is 0 Å². The van der Waals surface area contributed by atoms with Crippen LogP contribution < -0.4 is 4.72 Å². The molecule has 0 aliphatic heterocycles. The van der Waals surface area contributed by atoms with Gasteiger partial charge in [0.25, 0.3) is 10.0 Å². The molecule has 0 spiro atoms. The van der Waals surface area contributed by atoms with Gasteiger partial charge < -0.3 is 0 Å². The lowest BCUT2D eigenvalue weighted by atomic mass is 10.2. The van der Waals surface area contributed by atoms with Crippen LogP contribution in [0.5, 0.6) is 0 Å². The van der Waals surface area contributed by atoms with Crippen LogP contribution in [-0.2, 0) is 17.1 Å². The molecular weight excluding hydrogens is 342 g/mol. The van der Waals surface area contributed by atoms with Crippen LogP contribution in [0.2, 0.25) is 0 Å². The molecule has 2 aromatic rings. The quantitative estimate of drug-likeness (QED) is 0.918. The molecule has 0 saturated carbocycles. The van der Waals surface area contributed by atoms with Crippen LogP contribution >= 0.6 is 15.9 Å². The van der Waals surface area contributed by atoms with Gasteiger partial charge in [0.2, 0.25) is 0 Å². The minimum atomic E-state index is -3.62. The van der Waals surface area contributed by atoms with Crippen LogP contribution in [0.1, 0.15) is 17.0 Å². The highest BCUT2D eigenvalue weighted by Crippen LogP contribution is 2.25. The maximum absolute atomic E-state index is 12.5. The van der Waals surface area contributed by atoms with Gasteiger partial charge in [0, 0.05) is 11.5 Å². The van der Waals surface area contributed by atoms with Crippen molar-refractivity contribution in [1.29, 1.82) is 0 Å². The normalized spacial score (nSPS) is 11.7. The van der Waals surface area contributed by atoms with Crippen molar-refractivity contribution in [3.8, 4) is 0 Å². The number of hydrogen-bond donors (Lipinski definition) is 1. The van der Waals surface area contributed by atoms with Crippen molar-refractivity contribution in [3.05, 3.63) is 39.6 Å². The van der Waals surface area contributed by atoms with Crippen molar-refractivity contribution in [2.24, 2.45) is 7.05 Å². The molecule has 0 unspecified atom stereocenters. The van der Waals surface area contributed by atoms with Crippen LogP contribution in [0.4, 0.5) is 5.69 Å². The first kappa shape index (κ1) is 15.1. The molecule has 0 amide bonds. The molecule has 0 aliphatic rings. The Balaban J connectivity index is 2.46. The first-order valence-electron chi connectivity index (χ1n) is 6.01. The second kappa shape index (κ2) is 5.21. The summed E-state index contributed by atoms with van der Waals surface area (Å²) in [6.45, 7) is 5.37. The third kappa shape index (κ3) is 2.73. The highest BCUT2D eigenvalue weighted by molar-refractivity contribution is 9.10. The lowest BCUT2D eigenvalue weighted by molar-refractivity contribution is 0.600. The molecule has 1 aromatic heterocycles. The highest BCUT2D eigenvalue weighted by Gasteiger charge is 2.20. The minimum absolute atomic E-state index is 0.267. The van der Waals surface area contributed by atoms with Crippen molar-refractivity contribution in [2.75, 3.05) is 4.72 Å². The summed E-state index contributed by atoms with van der Waals surface area (Å²) in [5.74, 6) is 0. The lowest BCUT2D eigenvalue weighted by Crippen LogP contribution is -2.15. The number of rotatable bonds is 3. The van der Waals surface area contributed by atoms with E-state index in [-0.39, 0.29) is 4.90 Å². The number of sulfonamides is 1. The van der Waals surface area contributed by atoms with Crippen molar-refractivity contribution < 1.29 is 8.42 Å². The molecule has 1 heterocycles. The summed E-state index contributed by atoms with van der Waals surface area (Å²) >= 11 is 3.33. The van der Waals surface area contributed by atoms with Crippen LogP contribution in [0.15, 0.2) is 27.6 Å². The molecule has 0 radical (unpaired) electrons. The van der Waals surface area contributed by atoms with Gasteiger partial charge in [0.15, 0.2) is 0 Å². The Kier molecular flexibility index (Phi) is 3.93. The summed E-state index contributed by atoms with van der Waals surface area (Å²) in [6, 6.07) is 5.07. The predicted molar refractivity (Wildman–Crippen MR) is 82.4 cm³/mol. The molecule has 1 N–H and O–H groups in total. The maximum Gasteiger partial charge on any atom is 0.262 e. The van der Waals surface area contributed by atoms with Gasteiger partial charge in [-0.3, -0.25) is 9.40 Å². The molecule has 20 heavy (non-hydrogen) atoms. The van der Waals surface area contributed by atoms with Crippen LogP contribution in [-0.4, -0.2) is 18.2 Å².